The minimum Gasteiger partial charge on any atom is -0.350 e. The lowest BCUT2D eigenvalue weighted by atomic mass is 9.92. The zero-order valence-corrected chi connectivity index (χ0v) is 18.4. The highest BCUT2D eigenvalue weighted by Gasteiger charge is 2.35. The molecule has 5 heterocycles. The number of rotatable bonds is 5. The van der Waals surface area contributed by atoms with Gasteiger partial charge in [0.2, 0.25) is 11.9 Å². The van der Waals surface area contributed by atoms with Crippen molar-refractivity contribution in [3.63, 3.8) is 0 Å². The van der Waals surface area contributed by atoms with Crippen LogP contribution in [0.25, 0.3) is 27.9 Å². The molecule has 4 aromatic rings. The van der Waals surface area contributed by atoms with Crippen LogP contribution in [0.1, 0.15) is 31.5 Å². The fourth-order valence-electron chi connectivity index (χ4n) is 4.77. The minimum absolute atomic E-state index is 0.0319. The molecule has 0 unspecified atom stereocenters. The summed E-state index contributed by atoms with van der Waals surface area (Å²) < 4.78 is 30.8. The van der Waals surface area contributed by atoms with E-state index >= 15 is 0 Å². The Hall–Kier alpha value is -3.14. The third-order valence-corrected chi connectivity index (χ3v) is 6.83. The van der Waals surface area contributed by atoms with Gasteiger partial charge >= 0.3 is 0 Å². The van der Waals surface area contributed by atoms with E-state index in [1.165, 1.54) is 0 Å². The molecule has 10 heteroatoms. The molecule has 0 bridgehead atoms. The van der Waals surface area contributed by atoms with Crippen LogP contribution >= 0.6 is 0 Å². The summed E-state index contributed by atoms with van der Waals surface area (Å²) in [5.74, 6) is -0.514. The Kier molecular flexibility index (Phi) is 4.79. The molecule has 0 spiro atoms. The zero-order valence-electron chi connectivity index (χ0n) is 18.4. The second kappa shape index (κ2) is 7.72. The number of halogens is 2. The van der Waals surface area contributed by atoms with Gasteiger partial charge in [-0.2, -0.15) is 0 Å². The topological polar surface area (TPSA) is 85.0 Å². The number of pyridine rings is 1. The normalized spacial score (nSPS) is 19.2. The quantitative estimate of drug-likeness (QED) is 0.481. The Morgan fingerprint density at radius 1 is 1.15 bits per heavy atom. The molecule has 8 nitrogen and oxygen atoms in total. The van der Waals surface area contributed by atoms with E-state index in [0.29, 0.717) is 24.7 Å². The van der Waals surface area contributed by atoms with E-state index in [-0.39, 0.29) is 18.9 Å². The van der Waals surface area contributed by atoms with Crippen molar-refractivity contribution >= 4 is 22.6 Å². The van der Waals surface area contributed by atoms with Crippen LogP contribution < -0.4 is 10.6 Å². The number of nitrogens with zero attached hydrogens (tertiary/aromatic N) is 6. The van der Waals surface area contributed by atoms with Crippen LogP contribution in [0.15, 0.2) is 30.6 Å². The Morgan fingerprint density at radius 2 is 1.97 bits per heavy atom. The third-order valence-electron chi connectivity index (χ3n) is 6.83. The molecular weight excluding hydrogens is 426 g/mol. The summed E-state index contributed by atoms with van der Waals surface area (Å²) in [6, 6.07) is 5.94. The number of alkyl halides is 2. The molecule has 4 aromatic heterocycles. The summed E-state index contributed by atoms with van der Waals surface area (Å²) in [6.07, 6.45) is 4.28. The van der Waals surface area contributed by atoms with Gasteiger partial charge < -0.3 is 15.2 Å². The molecule has 1 aliphatic heterocycles. The van der Waals surface area contributed by atoms with Crippen molar-refractivity contribution in [1.82, 2.24) is 34.4 Å². The predicted octanol–water partition coefficient (Wildman–Crippen LogP) is 3.66. The van der Waals surface area contributed by atoms with Crippen molar-refractivity contribution in [3.8, 4) is 11.3 Å². The highest BCUT2D eigenvalue weighted by Crippen LogP contribution is 2.34. The molecule has 0 atom stereocenters. The van der Waals surface area contributed by atoms with Crippen molar-refractivity contribution in [3.05, 3.63) is 36.4 Å². The van der Waals surface area contributed by atoms with Crippen LogP contribution in [-0.2, 0) is 6.54 Å². The highest BCUT2D eigenvalue weighted by molar-refractivity contribution is 5.82. The maximum atomic E-state index is 13.4. The van der Waals surface area contributed by atoms with Crippen molar-refractivity contribution in [1.29, 1.82) is 0 Å². The molecule has 2 aliphatic rings. The SMILES string of the molecule is Cc1nc2ccc(-c3ccn4nc(NC5CCC(F)(F)CC5)ncc34)nc2n1CC1CNC1. The first kappa shape index (κ1) is 20.5. The number of hydrogen-bond donors (Lipinski definition) is 2. The molecule has 172 valence electrons. The van der Waals surface area contributed by atoms with E-state index < -0.39 is 5.92 Å². The van der Waals surface area contributed by atoms with Crippen LogP contribution in [0.2, 0.25) is 0 Å². The van der Waals surface area contributed by atoms with Gasteiger partial charge in [-0.05, 0) is 38.0 Å². The fourth-order valence-corrected chi connectivity index (χ4v) is 4.77. The first-order chi connectivity index (χ1) is 15.9. The molecule has 6 rings (SSSR count). The molecule has 2 fully saturated rings. The Bertz CT molecular complexity index is 1310. The highest BCUT2D eigenvalue weighted by atomic mass is 19.3. The van der Waals surface area contributed by atoms with Gasteiger partial charge in [0, 0.05) is 56.2 Å². The zero-order chi connectivity index (χ0) is 22.6. The Labute approximate surface area is 189 Å². The van der Waals surface area contributed by atoms with Gasteiger partial charge in [0.1, 0.15) is 11.3 Å². The molecule has 1 saturated carbocycles. The summed E-state index contributed by atoms with van der Waals surface area (Å²) in [6.45, 7) is 4.99. The van der Waals surface area contributed by atoms with Crippen LogP contribution in [0, 0.1) is 12.8 Å². The summed E-state index contributed by atoms with van der Waals surface area (Å²) >= 11 is 0. The van der Waals surface area contributed by atoms with E-state index in [2.05, 4.69) is 30.3 Å². The summed E-state index contributed by atoms with van der Waals surface area (Å²) in [5.41, 5.74) is 4.42. The minimum atomic E-state index is -2.55. The van der Waals surface area contributed by atoms with E-state index in [1.807, 2.05) is 31.3 Å². The lowest BCUT2D eigenvalue weighted by Gasteiger charge is -2.28. The molecule has 2 N–H and O–H groups in total. The second-order valence-electron chi connectivity index (χ2n) is 9.25. The number of imidazole rings is 1. The van der Waals surface area contributed by atoms with Gasteiger partial charge in [0.25, 0.3) is 0 Å². The van der Waals surface area contributed by atoms with E-state index in [1.54, 1.807) is 10.7 Å². The lowest BCUT2D eigenvalue weighted by Crippen LogP contribution is -2.44. The molecule has 0 amide bonds. The van der Waals surface area contributed by atoms with Gasteiger partial charge in [0.15, 0.2) is 5.65 Å². The van der Waals surface area contributed by atoms with Gasteiger partial charge in [-0.1, -0.05) is 0 Å². The standard InChI is InChI=1S/C23H26F2N8/c1-14-28-19-3-2-18(30-21(19)32(14)13-15-10-26-11-15)17-6-9-33-20(17)12-27-22(31-33)29-16-4-7-23(24,25)8-5-16/h2-3,6,9,12,15-16,26H,4-5,7-8,10-11,13H2,1H3,(H,29,31). The van der Waals surface area contributed by atoms with E-state index in [4.69, 9.17) is 4.98 Å². The summed E-state index contributed by atoms with van der Waals surface area (Å²) in [7, 11) is 0. The Balaban J connectivity index is 1.28. The number of anilines is 1. The number of aryl methyl sites for hydroxylation is 1. The third kappa shape index (κ3) is 3.82. The van der Waals surface area contributed by atoms with E-state index in [0.717, 1.165) is 53.4 Å². The van der Waals surface area contributed by atoms with Gasteiger partial charge in [-0.25, -0.2) is 28.2 Å². The Morgan fingerprint density at radius 3 is 2.73 bits per heavy atom. The molecular formula is C23H26F2N8. The first-order valence-corrected chi connectivity index (χ1v) is 11.5. The fraction of sp³-hybridized carbons (Fsp3) is 0.478. The lowest BCUT2D eigenvalue weighted by molar-refractivity contribution is -0.0361. The molecule has 1 saturated heterocycles. The van der Waals surface area contributed by atoms with Gasteiger partial charge in [0.05, 0.1) is 17.4 Å². The summed E-state index contributed by atoms with van der Waals surface area (Å²) in [4.78, 5) is 14.1. The van der Waals surface area contributed by atoms with Gasteiger partial charge in [-0.15, -0.1) is 5.10 Å². The largest absolute Gasteiger partial charge is 0.350 e. The van der Waals surface area contributed by atoms with Crippen LogP contribution in [-0.4, -0.2) is 54.2 Å². The molecule has 33 heavy (non-hydrogen) atoms. The summed E-state index contributed by atoms with van der Waals surface area (Å²) in [5, 5.41) is 11.1. The van der Waals surface area contributed by atoms with Gasteiger partial charge in [-0.3, -0.25) is 0 Å². The van der Waals surface area contributed by atoms with Crippen LogP contribution in [0.4, 0.5) is 14.7 Å². The van der Waals surface area contributed by atoms with E-state index in [9.17, 15) is 8.78 Å². The average Bonchev–Trinajstić information content (AvgIpc) is 3.31. The molecule has 1 aliphatic carbocycles. The maximum absolute atomic E-state index is 13.4. The average molecular weight is 453 g/mol. The van der Waals surface area contributed by atoms with Crippen LogP contribution in [0.5, 0.6) is 0 Å². The number of aromatic nitrogens is 6. The molecule has 0 aromatic carbocycles. The van der Waals surface area contributed by atoms with Crippen molar-refractivity contribution in [2.45, 2.75) is 51.1 Å². The second-order valence-corrected chi connectivity index (χ2v) is 9.25. The first-order valence-electron chi connectivity index (χ1n) is 11.5. The number of nitrogens with one attached hydrogen (secondary N) is 2. The molecule has 0 radical (unpaired) electrons. The van der Waals surface area contributed by atoms with Crippen molar-refractivity contribution in [2.24, 2.45) is 5.92 Å². The number of fused-ring (bicyclic) bond motifs is 2. The number of hydrogen-bond acceptors (Lipinski definition) is 6. The van der Waals surface area contributed by atoms with Crippen LogP contribution in [0.3, 0.4) is 0 Å². The monoisotopic (exact) mass is 452 g/mol. The van der Waals surface area contributed by atoms with Crippen molar-refractivity contribution in [2.75, 3.05) is 18.4 Å². The smallest absolute Gasteiger partial charge is 0.248 e. The maximum Gasteiger partial charge on any atom is 0.248 e. The van der Waals surface area contributed by atoms with Crippen molar-refractivity contribution < 1.29 is 8.78 Å². The predicted molar refractivity (Wildman–Crippen MR) is 121 cm³/mol.